The molecule has 0 saturated heterocycles. The van der Waals surface area contributed by atoms with E-state index in [1.807, 2.05) is 19.1 Å². The van der Waals surface area contributed by atoms with Crippen molar-refractivity contribution in [3.8, 4) is 0 Å². The summed E-state index contributed by atoms with van der Waals surface area (Å²) < 4.78 is 1.73. The van der Waals surface area contributed by atoms with Crippen LogP contribution in [0.25, 0.3) is 0 Å². The fraction of sp³-hybridized carbons (Fsp3) is 0.0769. The molecule has 0 atom stereocenters. The van der Waals surface area contributed by atoms with Gasteiger partial charge in [0, 0.05) is 14.2 Å². The third-order valence-corrected chi connectivity index (χ3v) is 4.25. The minimum absolute atomic E-state index is 0.205. The molecule has 1 N–H and O–H groups in total. The van der Waals surface area contributed by atoms with Gasteiger partial charge in [-0.15, -0.1) is 0 Å². The average Bonchev–Trinajstić information content (AvgIpc) is 2.37. The van der Waals surface area contributed by atoms with Gasteiger partial charge in [0.05, 0.1) is 11.3 Å². The molecule has 19 heavy (non-hydrogen) atoms. The first-order chi connectivity index (χ1) is 8.99. The molecule has 0 aliphatic heterocycles. The van der Waals surface area contributed by atoms with Gasteiger partial charge < -0.3 is 5.32 Å². The first-order valence-electron chi connectivity index (χ1n) is 5.36. The van der Waals surface area contributed by atoms with Crippen LogP contribution in [0.15, 0.2) is 34.9 Å². The van der Waals surface area contributed by atoms with E-state index in [4.69, 9.17) is 11.6 Å². The highest BCUT2D eigenvalue weighted by Gasteiger charge is 2.14. The number of hydrogen-bond acceptors (Lipinski definition) is 2. The van der Waals surface area contributed by atoms with Crippen LogP contribution in [0.4, 0.5) is 5.69 Å². The third-order valence-electron chi connectivity index (χ3n) is 2.52. The quantitative estimate of drug-likeness (QED) is 0.533. The minimum Gasteiger partial charge on any atom is -0.319 e. The molecule has 0 bridgehead atoms. The topological polar surface area (TPSA) is 42.0 Å². The van der Waals surface area contributed by atoms with Crippen molar-refractivity contribution < 1.29 is 4.79 Å². The lowest BCUT2D eigenvalue weighted by atomic mass is 10.2. The molecule has 2 aromatic rings. The number of nitrogens with one attached hydrogen (secondary N) is 1. The van der Waals surface area contributed by atoms with Crippen molar-refractivity contribution >= 4 is 61.7 Å². The van der Waals surface area contributed by atoms with Gasteiger partial charge in [0.2, 0.25) is 0 Å². The van der Waals surface area contributed by atoms with Crippen molar-refractivity contribution in [3.63, 3.8) is 0 Å². The Morgan fingerprint density at radius 1 is 1.42 bits per heavy atom. The van der Waals surface area contributed by atoms with Gasteiger partial charge in [-0.2, -0.15) is 0 Å². The van der Waals surface area contributed by atoms with Crippen LogP contribution in [-0.4, -0.2) is 10.9 Å². The van der Waals surface area contributed by atoms with Crippen molar-refractivity contribution in [2.45, 2.75) is 6.92 Å². The highest BCUT2D eigenvalue weighted by Crippen LogP contribution is 2.25. The fourth-order valence-electron chi connectivity index (χ4n) is 1.53. The van der Waals surface area contributed by atoms with E-state index in [0.29, 0.717) is 16.4 Å². The first kappa shape index (κ1) is 14.7. The monoisotopic (exact) mass is 450 g/mol. The predicted molar refractivity (Wildman–Crippen MR) is 88.8 cm³/mol. The maximum Gasteiger partial charge on any atom is 0.256 e. The smallest absolute Gasteiger partial charge is 0.256 e. The summed E-state index contributed by atoms with van der Waals surface area (Å²) in [7, 11) is 0. The molecule has 0 aliphatic carbocycles. The molecule has 1 aromatic carbocycles. The number of aryl methyl sites for hydroxylation is 1. The van der Waals surface area contributed by atoms with Crippen molar-refractivity contribution in [3.05, 3.63) is 54.8 Å². The zero-order chi connectivity index (χ0) is 14.0. The SMILES string of the molecule is Cc1ccnc(Cl)c1NC(=O)c1cc(Br)ccc1I. The highest BCUT2D eigenvalue weighted by atomic mass is 127. The summed E-state index contributed by atoms with van der Waals surface area (Å²) in [5.41, 5.74) is 2.01. The molecule has 1 aromatic heterocycles. The molecule has 0 unspecified atom stereocenters. The Balaban J connectivity index is 2.34. The number of anilines is 1. The molecule has 1 amide bonds. The van der Waals surface area contributed by atoms with Crippen LogP contribution < -0.4 is 5.32 Å². The van der Waals surface area contributed by atoms with Crippen LogP contribution >= 0.6 is 50.1 Å². The number of halogens is 3. The normalized spacial score (nSPS) is 10.3. The van der Waals surface area contributed by atoms with Crippen molar-refractivity contribution in [2.75, 3.05) is 5.32 Å². The Morgan fingerprint density at radius 2 is 2.16 bits per heavy atom. The van der Waals surface area contributed by atoms with Crippen molar-refractivity contribution in [2.24, 2.45) is 0 Å². The zero-order valence-corrected chi connectivity index (χ0v) is 14.4. The molecule has 6 heteroatoms. The molecule has 3 nitrogen and oxygen atoms in total. The minimum atomic E-state index is -0.205. The first-order valence-corrected chi connectivity index (χ1v) is 7.61. The lowest BCUT2D eigenvalue weighted by Gasteiger charge is -2.10. The fourth-order valence-corrected chi connectivity index (χ4v) is 2.72. The number of pyridine rings is 1. The van der Waals surface area contributed by atoms with Gasteiger partial charge in [-0.3, -0.25) is 4.79 Å². The van der Waals surface area contributed by atoms with Crippen molar-refractivity contribution in [1.29, 1.82) is 0 Å². The molecule has 0 spiro atoms. The maximum absolute atomic E-state index is 12.3. The van der Waals surface area contributed by atoms with Crippen LogP contribution in [0.2, 0.25) is 5.15 Å². The number of carbonyl (C=O) groups is 1. The Labute approximate surface area is 138 Å². The summed E-state index contributed by atoms with van der Waals surface area (Å²) in [6.45, 7) is 1.87. The number of nitrogens with zero attached hydrogens (tertiary/aromatic N) is 1. The molecular weight excluding hydrogens is 442 g/mol. The molecule has 2 rings (SSSR count). The van der Waals surface area contributed by atoms with E-state index in [1.165, 1.54) is 0 Å². The maximum atomic E-state index is 12.3. The Bertz CT molecular complexity index is 628. The number of amides is 1. The van der Waals surface area contributed by atoms with E-state index >= 15 is 0 Å². The van der Waals surface area contributed by atoms with Gasteiger partial charge in [-0.1, -0.05) is 27.5 Å². The summed E-state index contributed by atoms with van der Waals surface area (Å²) in [6, 6.07) is 7.34. The molecule has 0 saturated carbocycles. The summed E-state index contributed by atoms with van der Waals surface area (Å²) in [4.78, 5) is 16.2. The molecular formula is C13H9BrClIN2O. The molecule has 0 aliphatic rings. The second kappa shape index (κ2) is 6.19. The van der Waals surface area contributed by atoms with Crippen LogP contribution in [0.5, 0.6) is 0 Å². The van der Waals surface area contributed by atoms with E-state index in [1.54, 1.807) is 18.3 Å². The third kappa shape index (κ3) is 3.46. The predicted octanol–water partition coefficient (Wildman–Crippen LogP) is 4.66. The van der Waals surface area contributed by atoms with Crippen LogP contribution in [0, 0.1) is 10.5 Å². The van der Waals surface area contributed by atoms with Crippen LogP contribution in [0.1, 0.15) is 15.9 Å². The lowest BCUT2D eigenvalue weighted by Crippen LogP contribution is -2.15. The van der Waals surface area contributed by atoms with E-state index in [0.717, 1.165) is 13.6 Å². The summed E-state index contributed by atoms with van der Waals surface area (Å²) in [6.07, 6.45) is 1.61. The van der Waals surface area contributed by atoms with Crippen LogP contribution in [0.3, 0.4) is 0 Å². The summed E-state index contributed by atoms with van der Waals surface area (Å²) in [5, 5.41) is 3.09. The summed E-state index contributed by atoms with van der Waals surface area (Å²) >= 11 is 11.5. The van der Waals surface area contributed by atoms with E-state index in [2.05, 4.69) is 48.8 Å². The van der Waals surface area contributed by atoms with Gasteiger partial charge in [-0.05, 0) is 59.3 Å². The average molecular weight is 451 g/mol. The number of rotatable bonds is 2. The van der Waals surface area contributed by atoms with Gasteiger partial charge in [0.1, 0.15) is 0 Å². The van der Waals surface area contributed by atoms with E-state index in [-0.39, 0.29) is 5.91 Å². The van der Waals surface area contributed by atoms with Crippen LogP contribution in [-0.2, 0) is 0 Å². The molecule has 0 radical (unpaired) electrons. The van der Waals surface area contributed by atoms with Gasteiger partial charge in [0.25, 0.3) is 5.91 Å². The zero-order valence-electron chi connectivity index (χ0n) is 9.88. The van der Waals surface area contributed by atoms with Gasteiger partial charge in [0.15, 0.2) is 5.15 Å². The Hall–Kier alpha value is -0.660. The van der Waals surface area contributed by atoms with E-state index in [9.17, 15) is 4.79 Å². The Kier molecular flexibility index (Phi) is 4.81. The molecule has 98 valence electrons. The second-order valence-corrected chi connectivity index (χ2v) is 6.31. The largest absolute Gasteiger partial charge is 0.319 e. The molecule has 0 fully saturated rings. The standard InChI is InChI=1S/C13H9BrClIN2O/c1-7-4-5-17-12(15)11(7)18-13(19)9-6-8(14)2-3-10(9)16/h2-6H,1H3,(H,18,19). The highest BCUT2D eigenvalue weighted by molar-refractivity contribution is 14.1. The van der Waals surface area contributed by atoms with Gasteiger partial charge >= 0.3 is 0 Å². The van der Waals surface area contributed by atoms with Crippen molar-refractivity contribution in [1.82, 2.24) is 4.98 Å². The second-order valence-electron chi connectivity index (χ2n) is 3.87. The summed E-state index contributed by atoms with van der Waals surface area (Å²) in [5.74, 6) is -0.205. The Morgan fingerprint density at radius 3 is 2.84 bits per heavy atom. The molecule has 1 heterocycles. The number of benzene rings is 1. The number of hydrogen-bond donors (Lipinski definition) is 1. The number of carbonyl (C=O) groups excluding carboxylic acids is 1. The van der Waals surface area contributed by atoms with E-state index < -0.39 is 0 Å². The number of aromatic nitrogens is 1. The lowest BCUT2D eigenvalue weighted by molar-refractivity contribution is 0.102. The van der Waals surface area contributed by atoms with Gasteiger partial charge in [-0.25, -0.2) is 4.98 Å².